The second-order valence-corrected chi connectivity index (χ2v) is 9.62. The van der Waals surface area contributed by atoms with Crippen molar-refractivity contribution in [3.63, 3.8) is 0 Å². The van der Waals surface area contributed by atoms with E-state index < -0.39 is 27.1 Å². The van der Waals surface area contributed by atoms with E-state index in [1.807, 2.05) is 42.5 Å². The number of fused-ring (bicyclic) bond motifs is 1. The molecule has 0 radical (unpaired) electrons. The molecule has 0 saturated carbocycles. The summed E-state index contributed by atoms with van der Waals surface area (Å²) in [5, 5.41) is 24.1. The van der Waals surface area contributed by atoms with Crippen LogP contribution in [-0.2, 0) is 11.3 Å². The molecule has 4 aromatic rings. The third-order valence-electron chi connectivity index (χ3n) is 6.08. The number of nitrogens with zero attached hydrogens (tertiary/aromatic N) is 3. The lowest BCUT2D eigenvalue weighted by Crippen LogP contribution is -2.27. The van der Waals surface area contributed by atoms with Crippen LogP contribution in [0.3, 0.4) is 0 Å². The number of non-ortho nitro benzene ring substituents is 1. The number of hydrogen-bond donors (Lipinski definition) is 0. The highest BCUT2D eigenvalue weighted by Crippen LogP contribution is 2.40. The summed E-state index contributed by atoms with van der Waals surface area (Å²) >= 11 is 0.825. The summed E-state index contributed by atoms with van der Waals surface area (Å²) in [6.07, 6.45) is 1.55. The smallest absolute Gasteiger partial charge is 0.318 e. The van der Waals surface area contributed by atoms with Gasteiger partial charge >= 0.3 is 5.69 Å². The Labute approximate surface area is 230 Å². The Kier molecular flexibility index (Phi) is 7.17. The molecule has 0 aliphatic carbocycles. The van der Waals surface area contributed by atoms with E-state index in [0.717, 1.165) is 46.3 Å². The van der Waals surface area contributed by atoms with Crippen molar-refractivity contribution in [2.24, 2.45) is 0 Å². The number of carbonyl (C=O) groups excluding carboxylic acids is 2. The van der Waals surface area contributed by atoms with Gasteiger partial charge in [0.05, 0.1) is 34.5 Å². The van der Waals surface area contributed by atoms with Crippen molar-refractivity contribution in [2.45, 2.75) is 6.54 Å². The molecule has 1 heterocycles. The van der Waals surface area contributed by atoms with E-state index >= 15 is 0 Å². The number of nitro groups is 2. The molecule has 4 aromatic carbocycles. The number of thioether (sulfide) groups is 1. The van der Waals surface area contributed by atoms with Crippen molar-refractivity contribution in [1.82, 2.24) is 4.90 Å². The number of rotatable bonds is 8. The Morgan fingerprint density at radius 3 is 2.33 bits per heavy atom. The number of nitro benzene ring substituents is 2. The van der Waals surface area contributed by atoms with Crippen molar-refractivity contribution in [3.05, 3.63) is 115 Å². The summed E-state index contributed by atoms with van der Waals surface area (Å²) in [5.41, 5.74) is 0.320. The molecular weight excluding hydrogens is 538 g/mol. The Morgan fingerprint density at radius 2 is 1.60 bits per heavy atom. The number of hydrogen-bond acceptors (Lipinski definition) is 9. The second kappa shape index (κ2) is 10.9. The predicted molar refractivity (Wildman–Crippen MR) is 148 cm³/mol. The van der Waals surface area contributed by atoms with Crippen LogP contribution in [0.25, 0.3) is 16.8 Å². The molecule has 1 aliphatic heterocycles. The lowest BCUT2D eigenvalue weighted by atomic mass is 10.1. The molecule has 40 heavy (non-hydrogen) atoms. The van der Waals surface area contributed by atoms with Gasteiger partial charge in [0.1, 0.15) is 0 Å². The van der Waals surface area contributed by atoms with Crippen LogP contribution in [0.4, 0.5) is 16.2 Å². The summed E-state index contributed by atoms with van der Waals surface area (Å²) in [6.45, 7) is 0.136. The Morgan fingerprint density at radius 1 is 0.850 bits per heavy atom. The van der Waals surface area contributed by atoms with E-state index in [9.17, 15) is 29.8 Å². The monoisotopic (exact) mass is 557 g/mol. The maximum atomic E-state index is 13.1. The van der Waals surface area contributed by atoms with E-state index in [-0.39, 0.29) is 33.9 Å². The number of amides is 2. The molecule has 200 valence electrons. The van der Waals surface area contributed by atoms with Gasteiger partial charge in [0, 0.05) is 6.07 Å². The van der Waals surface area contributed by atoms with Crippen LogP contribution in [-0.4, -0.2) is 33.0 Å². The first-order valence-corrected chi connectivity index (χ1v) is 12.6. The van der Waals surface area contributed by atoms with Gasteiger partial charge in [-0.3, -0.25) is 34.7 Å². The first kappa shape index (κ1) is 26.4. The molecule has 1 aliphatic rings. The fourth-order valence-electron chi connectivity index (χ4n) is 4.13. The lowest BCUT2D eigenvalue weighted by molar-refractivity contribution is -0.394. The third kappa shape index (κ3) is 5.33. The first-order chi connectivity index (χ1) is 19.2. The SMILES string of the molecule is COc1cc(/C=C2\SC(=O)N(Cc3ccc4ccccc4c3)C2=O)ccc1Oc1ccc([N+](=O)[O-])cc1[N+](=O)[O-]. The van der Waals surface area contributed by atoms with Gasteiger partial charge in [-0.2, -0.15) is 0 Å². The van der Waals surface area contributed by atoms with Crippen LogP contribution in [0, 0.1) is 20.2 Å². The molecule has 0 atom stereocenters. The van der Waals surface area contributed by atoms with Gasteiger partial charge in [0.15, 0.2) is 11.5 Å². The third-order valence-corrected chi connectivity index (χ3v) is 6.99. The van der Waals surface area contributed by atoms with E-state index in [0.29, 0.717) is 5.56 Å². The van der Waals surface area contributed by atoms with Gasteiger partial charge in [0.2, 0.25) is 5.75 Å². The molecule has 11 nitrogen and oxygen atoms in total. The van der Waals surface area contributed by atoms with Crippen LogP contribution in [0.5, 0.6) is 17.2 Å². The summed E-state index contributed by atoms with van der Waals surface area (Å²) in [7, 11) is 1.37. The molecule has 0 unspecified atom stereocenters. The van der Waals surface area contributed by atoms with Crippen molar-refractivity contribution in [1.29, 1.82) is 0 Å². The summed E-state index contributed by atoms with van der Waals surface area (Å²) in [4.78, 5) is 48.1. The van der Waals surface area contributed by atoms with E-state index in [2.05, 4.69) is 0 Å². The molecule has 1 fully saturated rings. The zero-order valence-electron chi connectivity index (χ0n) is 20.8. The zero-order valence-corrected chi connectivity index (χ0v) is 21.6. The van der Waals surface area contributed by atoms with Crippen molar-refractivity contribution in [3.8, 4) is 17.2 Å². The molecule has 1 saturated heterocycles. The minimum Gasteiger partial charge on any atom is -0.493 e. The maximum absolute atomic E-state index is 13.1. The molecule has 0 spiro atoms. The van der Waals surface area contributed by atoms with E-state index in [4.69, 9.17) is 9.47 Å². The van der Waals surface area contributed by atoms with Crippen molar-refractivity contribution < 1.29 is 28.9 Å². The quantitative estimate of drug-likeness (QED) is 0.131. The van der Waals surface area contributed by atoms with Gasteiger partial charge in [0.25, 0.3) is 16.8 Å². The average molecular weight is 558 g/mol. The average Bonchev–Trinajstić information content (AvgIpc) is 3.20. The molecule has 12 heteroatoms. The highest BCUT2D eigenvalue weighted by molar-refractivity contribution is 8.18. The van der Waals surface area contributed by atoms with Gasteiger partial charge in [-0.25, -0.2) is 0 Å². The minimum atomic E-state index is -0.781. The normalized spacial score (nSPS) is 14.1. The molecular formula is C28H19N3O8S. The fourth-order valence-corrected chi connectivity index (χ4v) is 4.97. The molecule has 0 N–H and O–H groups in total. The largest absolute Gasteiger partial charge is 0.493 e. The Bertz CT molecular complexity index is 1740. The van der Waals surface area contributed by atoms with Crippen LogP contribution in [0.2, 0.25) is 0 Å². The Hall–Kier alpha value is -5.23. The van der Waals surface area contributed by atoms with Gasteiger partial charge in [-0.15, -0.1) is 0 Å². The number of ether oxygens (including phenoxy) is 2. The number of benzene rings is 4. The van der Waals surface area contributed by atoms with E-state index in [1.165, 1.54) is 18.1 Å². The first-order valence-electron chi connectivity index (χ1n) is 11.8. The lowest BCUT2D eigenvalue weighted by Gasteiger charge is -2.13. The molecule has 5 rings (SSSR count). The highest BCUT2D eigenvalue weighted by Gasteiger charge is 2.35. The molecule has 2 amide bonds. The topological polar surface area (TPSA) is 142 Å². The van der Waals surface area contributed by atoms with Crippen molar-refractivity contribution in [2.75, 3.05) is 7.11 Å². The Balaban J connectivity index is 1.36. The molecule has 0 bridgehead atoms. The summed E-state index contributed by atoms with van der Waals surface area (Å²) in [6, 6.07) is 21.2. The predicted octanol–water partition coefficient (Wildman–Crippen LogP) is 6.69. The van der Waals surface area contributed by atoms with E-state index in [1.54, 1.807) is 18.2 Å². The zero-order chi connectivity index (χ0) is 28.4. The fraction of sp³-hybridized carbons (Fsp3) is 0.0714. The highest BCUT2D eigenvalue weighted by atomic mass is 32.2. The molecule has 0 aromatic heterocycles. The number of imide groups is 1. The van der Waals surface area contributed by atoms with Crippen LogP contribution >= 0.6 is 11.8 Å². The van der Waals surface area contributed by atoms with Crippen molar-refractivity contribution >= 4 is 51.1 Å². The summed E-state index contributed by atoms with van der Waals surface area (Å²) < 4.78 is 11.0. The number of carbonyl (C=O) groups is 2. The summed E-state index contributed by atoms with van der Waals surface area (Å²) in [5.74, 6) is -0.335. The second-order valence-electron chi connectivity index (χ2n) is 8.63. The number of methoxy groups -OCH3 is 1. The van der Waals surface area contributed by atoms with Crippen LogP contribution in [0.1, 0.15) is 11.1 Å². The van der Waals surface area contributed by atoms with Gasteiger partial charge in [-0.1, -0.05) is 42.5 Å². The van der Waals surface area contributed by atoms with Crippen LogP contribution in [0.15, 0.2) is 83.8 Å². The van der Waals surface area contributed by atoms with Crippen LogP contribution < -0.4 is 9.47 Å². The standard InChI is InChI=1S/C28H19N3O8S/c1-38-25-13-17(7-10-24(25)39-23-11-9-21(30(34)35)15-22(23)31(36)37)14-26-27(32)29(28(33)40-26)16-18-6-8-19-4-2-3-5-20(19)12-18/h2-15H,16H2,1H3/b26-14-. The maximum Gasteiger partial charge on any atom is 0.318 e. The van der Waals surface area contributed by atoms with Gasteiger partial charge in [-0.05, 0) is 64.0 Å². The minimum absolute atomic E-state index is 0.112. The van der Waals surface area contributed by atoms with Gasteiger partial charge < -0.3 is 9.47 Å².